The van der Waals surface area contributed by atoms with E-state index in [1.165, 1.54) is 28.6 Å². The lowest BCUT2D eigenvalue weighted by Crippen LogP contribution is -2.38. The van der Waals surface area contributed by atoms with Crippen molar-refractivity contribution < 1.29 is 22.8 Å². The fraction of sp³-hybridized carbons (Fsp3) is 0.550. The number of amides is 3. The van der Waals surface area contributed by atoms with Gasteiger partial charge in [-0.15, -0.1) is 0 Å². The Kier molecular flexibility index (Phi) is 5.44. The number of nitrogens with one attached hydrogen (secondary N) is 1. The zero-order valence-electron chi connectivity index (χ0n) is 16.2. The van der Waals surface area contributed by atoms with E-state index >= 15 is 0 Å². The normalized spacial score (nSPS) is 25.3. The van der Waals surface area contributed by atoms with Crippen LogP contribution in [0.25, 0.3) is 0 Å². The Hall–Kier alpha value is -2.26. The van der Waals surface area contributed by atoms with Gasteiger partial charge >= 0.3 is 0 Å². The number of sulfonamides is 1. The Bertz CT molecular complexity index is 898. The Labute approximate surface area is 170 Å². The molecule has 1 aromatic carbocycles. The van der Waals surface area contributed by atoms with Crippen LogP contribution in [-0.2, 0) is 24.4 Å². The number of rotatable bonds is 5. The second kappa shape index (κ2) is 7.87. The number of anilines is 1. The van der Waals surface area contributed by atoms with Crippen LogP contribution in [-0.4, -0.2) is 55.0 Å². The molecule has 3 amide bonds. The van der Waals surface area contributed by atoms with Gasteiger partial charge in [0.25, 0.3) is 0 Å². The number of hydrogen-bond acceptors (Lipinski definition) is 5. The number of carbonyl (C=O) groups is 3. The van der Waals surface area contributed by atoms with E-state index in [1.54, 1.807) is 0 Å². The van der Waals surface area contributed by atoms with Gasteiger partial charge < -0.3 is 5.32 Å². The predicted octanol–water partition coefficient (Wildman–Crippen LogP) is 1.58. The van der Waals surface area contributed by atoms with E-state index in [4.69, 9.17) is 0 Å². The van der Waals surface area contributed by atoms with Gasteiger partial charge in [0, 0.05) is 18.8 Å². The summed E-state index contributed by atoms with van der Waals surface area (Å²) >= 11 is 0. The molecule has 8 nitrogen and oxygen atoms in total. The van der Waals surface area contributed by atoms with Crippen LogP contribution in [0, 0.1) is 11.8 Å². The maximum Gasteiger partial charge on any atom is 0.244 e. The lowest BCUT2D eigenvalue weighted by Gasteiger charge is -2.19. The molecule has 0 radical (unpaired) electrons. The molecule has 0 aromatic heterocycles. The van der Waals surface area contributed by atoms with Crippen molar-refractivity contribution in [3.8, 4) is 0 Å². The van der Waals surface area contributed by atoms with Gasteiger partial charge in [0.05, 0.1) is 16.7 Å². The molecule has 1 aromatic rings. The van der Waals surface area contributed by atoms with Crippen LogP contribution in [0.15, 0.2) is 29.2 Å². The molecule has 2 saturated heterocycles. The summed E-state index contributed by atoms with van der Waals surface area (Å²) in [6, 6.07) is 5.97. The largest absolute Gasteiger partial charge is 0.325 e. The average Bonchev–Trinajstić information content (AvgIpc) is 3.34. The SMILES string of the molecule is O=C(CN1C(=O)[C@@H]2CCCC[C@H]2C1=O)Nc1ccc(S(=O)(=O)N2CCCC2)cc1. The maximum atomic E-state index is 12.6. The average molecular weight is 420 g/mol. The Balaban J connectivity index is 1.39. The quantitative estimate of drug-likeness (QED) is 0.730. The highest BCUT2D eigenvalue weighted by Crippen LogP contribution is 2.37. The monoisotopic (exact) mass is 419 g/mol. The molecule has 1 saturated carbocycles. The molecule has 0 spiro atoms. The first kappa shape index (κ1) is 20.0. The first-order valence-corrected chi connectivity index (χ1v) is 11.6. The first-order chi connectivity index (χ1) is 13.9. The molecule has 0 bridgehead atoms. The summed E-state index contributed by atoms with van der Waals surface area (Å²) in [7, 11) is -3.51. The number of nitrogens with zero attached hydrogens (tertiary/aromatic N) is 2. The highest BCUT2D eigenvalue weighted by atomic mass is 32.2. The number of hydrogen-bond donors (Lipinski definition) is 1. The van der Waals surface area contributed by atoms with Crippen molar-refractivity contribution in [1.29, 1.82) is 0 Å². The molecule has 1 aliphatic carbocycles. The van der Waals surface area contributed by atoms with E-state index in [9.17, 15) is 22.8 Å². The Morgan fingerprint density at radius 1 is 0.931 bits per heavy atom. The van der Waals surface area contributed by atoms with Gasteiger partial charge in [-0.2, -0.15) is 4.31 Å². The molecule has 2 heterocycles. The summed E-state index contributed by atoms with van der Waals surface area (Å²) in [6.07, 6.45) is 5.02. The molecule has 29 heavy (non-hydrogen) atoms. The number of carbonyl (C=O) groups excluding carboxylic acids is 3. The Morgan fingerprint density at radius 2 is 1.48 bits per heavy atom. The minimum absolute atomic E-state index is 0.186. The van der Waals surface area contributed by atoms with Crippen LogP contribution in [0.1, 0.15) is 38.5 Å². The van der Waals surface area contributed by atoms with Crippen LogP contribution in [0.4, 0.5) is 5.69 Å². The van der Waals surface area contributed by atoms with Gasteiger partial charge in [-0.3, -0.25) is 19.3 Å². The highest BCUT2D eigenvalue weighted by Gasteiger charge is 2.48. The maximum absolute atomic E-state index is 12.6. The topological polar surface area (TPSA) is 104 Å². The first-order valence-electron chi connectivity index (χ1n) is 10.1. The number of benzene rings is 1. The molecular formula is C20H25N3O5S. The van der Waals surface area contributed by atoms with Crippen molar-refractivity contribution in [3.63, 3.8) is 0 Å². The lowest BCUT2D eigenvalue weighted by atomic mass is 9.81. The standard InChI is InChI=1S/C20H25N3O5S/c24-18(13-23-19(25)16-5-1-2-6-17(16)20(23)26)21-14-7-9-15(10-8-14)29(27,28)22-11-3-4-12-22/h7-10,16-17H,1-6,11-13H2,(H,21,24)/t16-,17-/m1/s1. The third kappa shape index (κ3) is 3.81. The smallest absolute Gasteiger partial charge is 0.244 e. The van der Waals surface area contributed by atoms with Gasteiger partial charge in [0.2, 0.25) is 27.7 Å². The van der Waals surface area contributed by atoms with Crippen LogP contribution in [0.5, 0.6) is 0 Å². The van der Waals surface area contributed by atoms with E-state index < -0.39 is 15.9 Å². The van der Waals surface area contributed by atoms with Gasteiger partial charge in [-0.25, -0.2) is 8.42 Å². The van der Waals surface area contributed by atoms with Crippen molar-refractivity contribution in [3.05, 3.63) is 24.3 Å². The van der Waals surface area contributed by atoms with Gasteiger partial charge in [-0.1, -0.05) is 12.8 Å². The summed E-state index contributed by atoms with van der Waals surface area (Å²) in [5.74, 6) is -1.53. The number of likely N-dealkylation sites (tertiary alicyclic amines) is 1. The van der Waals surface area contributed by atoms with Crippen LogP contribution in [0.3, 0.4) is 0 Å². The fourth-order valence-corrected chi connectivity index (χ4v) is 6.04. The van der Waals surface area contributed by atoms with Crippen LogP contribution in [0.2, 0.25) is 0 Å². The summed E-state index contributed by atoms with van der Waals surface area (Å²) in [5, 5.41) is 2.65. The third-order valence-electron chi connectivity index (χ3n) is 6.08. The van der Waals surface area contributed by atoms with E-state index in [0.29, 0.717) is 31.6 Å². The van der Waals surface area contributed by atoms with Gasteiger partial charge in [-0.05, 0) is 49.9 Å². The highest BCUT2D eigenvalue weighted by molar-refractivity contribution is 7.89. The van der Waals surface area contributed by atoms with Crippen LogP contribution >= 0.6 is 0 Å². The van der Waals surface area contributed by atoms with Gasteiger partial charge in [0.1, 0.15) is 6.54 Å². The minimum atomic E-state index is -3.51. The molecular weight excluding hydrogens is 394 g/mol. The number of fused-ring (bicyclic) bond motifs is 1. The fourth-order valence-electron chi connectivity index (χ4n) is 4.52. The van der Waals surface area contributed by atoms with Crippen molar-refractivity contribution in [2.45, 2.75) is 43.4 Å². The molecule has 2 aliphatic heterocycles. The molecule has 1 N–H and O–H groups in total. The van der Waals surface area contributed by atoms with Crippen molar-refractivity contribution in [2.75, 3.05) is 25.0 Å². The van der Waals surface area contributed by atoms with Gasteiger partial charge in [0.15, 0.2) is 0 Å². The lowest BCUT2D eigenvalue weighted by molar-refractivity contribution is -0.142. The summed E-state index contributed by atoms with van der Waals surface area (Å²) in [4.78, 5) is 38.6. The van der Waals surface area contributed by atoms with Crippen LogP contribution < -0.4 is 5.32 Å². The van der Waals surface area contributed by atoms with Crippen molar-refractivity contribution >= 4 is 33.4 Å². The molecule has 3 fully saturated rings. The van der Waals surface area contributed by atoms with Crippen molar-refractivity contribution in [2.24, 2.45) is 11.8 Å². The molecule has 156 valence electrons. The summed E-state index contributed by atoms with van der Waals surface area (Å²) < 4.78 is 26.6. The minimum Gasteiger partial charge on any atom is -0.325 e. The predicted molar refractivity (Wildman–Crippen MR) is 105 cm³/mol. The zero-order valence-corrected chi connectivity index (χ0v) is 17.0. The molecule has 3 aliphatic rings. The second-order valence-corrected chi connectivity index (χ2v) is 9.88. The molecule has 0 unspecified atom stereocenters. The number of imide groups is 1. The summed E-state index contributed by atoms with van der Waals surface area (Å²) in [5.41, 5.74) is 0.423. The third-order valence-corrected chi connectivity index (χ3v) is 7.99. The molecule has 2 atom stereocenters. The molecule has 4 rings (SSSR count). The Morgan fingerprint density at radius 3 is 2.03 bits per heavy atom. The van der Waals surface area contributed by atoms with E-state index in [0.717, 1.165) is 30.6 Å². The molecule has 9 heteroatoms. The van der Waals surface area contributed by atoms with E-state index in [2.05, 4.69) is 5.32 Å². The van der Waals surface area contributed by atoms with Crippen molar-refractivity contribution in [1.82, 2.24) is 9.21 Å². The van der Waals surface area contributed by atoms with E-state index in [-0.39, 0.29) is 35.1 Å². The summed E-state index contributed by atoms with van der Waals surface area (Å²) in [6.45, 7) is 0.750. The second-order valence-electron chi connectivity index (χ2n) is 7.94. The van der Waals surface area contributed by atoms with E-state index in [1.807, 2.05) is 0 Å². The zero-order chi connectivity index (χ0) is 20.6.